The summed E-state index contributed by atoms with van der Waals surface area (Å²) in [7, 11) is 0. The van der Waals surface area contributed by atoms with Crippen molar-refractivity contribution in [3.63, 3.8) is 0 Å². The third kappa shape index (κ3) is 5.06. The molecule has 1 aromatic carbocycles. The zero-order valence-electron chi connectivity index (χ0n) is 11.0. The third-order valence-corrected chi connectivity index (χ3v) is 2.64. The summed E-state index contributed by atoms with van der Waals surface area (Å²) in [6, 6.07) is 5.18. The molecule has 0 amide bonds. The van der Waals surface area contributed by atoms with Crippen LogP contribution in [0.1, 0.15) is 31.4 Å². The topological polar surface area (TPSA) is 73.1 Å². The number of carbonyl (C=O) groups is 1. The van der Waals surface area contributed by atoms with Gasteiger partial charge in [0.05, 0.1) is 11.6 Å². The lowest BCUT2D eigenvalue weighted by molar-refractivity contribution is -0.140. The maximum Gasteiger partial charge on any atom is 0.320 e. The highest BCUT2D eigenvalue weighted by molar-refractivity contribution is 5.73. The molecule has 1 atom stereocenters. The molecule has 0 spiro atoms. The van der Waals surface area contributed by atoms with Gasteiger partial charge in [0.1, 0.15) is 11.9 Å². The lowest BCUT2D eigenvalue weighted by Gasteiger charge is -2.16. The van der Waals surface area contributed by atoms with Gasteiger partial charge < -0.3 is 10.4 Å². The molecule has 0 heterocycles. The lowest BCUT2D eigenvalue weighted by Crippen LogP contribution is -2.37. The van der Waals surface area contributed by atoms with Gasteiger partial charge in [0.2, 0.25) is 0 Å². The van der Waals surface area contributed by atoms with Crippen molar-refractivity contribution in [3.8, 4) is 6.07 Å². The highest BCUT2D eigenvalue weighted by Gasteiger charge is 2.18. The maximum absolute atomic E-state index is 13.2. The fourth-order valence-electron chi connectivity index (χ4n) is 1.80. The van der Waals surface area contributed by atoms with Crippen LogP contribution in [0.25, 0.3) is 0 Å². The van der Waals surface area contributed by atoms with Crippen molar-refractivity contribution >= 4 is 5.97 Å². The van der Waals surface area contributed by atoms with Crippen LogP contribution in [0.15, 0.2) is 18.2 Å². The molecule has 5 heteroatoms. The largest absolute Gasteiger partial charge is 0.480 e. The molecule has 0 bridgehead atoms. The maximum atomic E-state index is 13.2. The molecule has 4 nitrogen and oxygen atoms in total. The Balaban J connectivity index is 2.71. The second-order valence-corrected chi connectivity index (χ2v) is 4.86. The number of nitrogens with zero attached hydrogens (tertiary/aromatic N) is 1. The van der Waals surface area contributed by atoms with Crippen molar-refractivity contribution in [3.05, 3.63) is 35.1 Å². The Hall–Kier alpha value is -1.93. The molecule has 0 radical (unpaired) electrons. The van der Waals surface area contributed by atoms with Crippen LogP contribution in [0.3, 0.4) is 0 Å². The SMILES string of the molecule is CC(C)CC(NCc1cc(F)cc(C#N)c1)C(=O)O. The second kappa shape index (κ2) is 6.86. The van der Waals surface area contributed by atoms with Gasteiger partial charge in [-0.2, -0.15) is 5.26 Å². The Morgan fingerprint density at radius 1 is 1.47 bits per heavy atom. The number of rotatable bonds is 6. The highest BCUT2D eigenvalue weighted by Crippen LogP contribution is 2.10. The van der Waals surface area contributed by atoms with Crippen molar-refractivity contribution in [1.82, 2.24) is 5.32 Å². The molecule has 0 aromatic heterocycles. The van der Waals surface area contributed by atoms with E-state index in [2.05, 4.69) is 5.32 Å². The Morgan fingerprint density at radius 2 is 2.16 bits per heavy atom. The number of carboxylic acids is 1. The molecular formula is C14H17FN2O2. The van der Waals surface area contributed by atoms with E-state index in [0.29, 0.717) is 12.0 Å². The Morgan fingerprint density at radius 3 is 2.68 bits per heavy atom. The Labute approximate surface area is 111 Å². The van der Waals surface area contributed by atoms with Gasteiger partial charge >= 0.3 is 5.97 Å². The van der Waals surface area contributed by atoms with Crippen molar-refractivity contribution in [2.45, 2.75) is 32.9 Å². The summed E-state index contributed by atoms with van der Waals surface area (Å²) in [4.78, 5) is 11.1. The predicted molar refractivity (Wildman–Crippen MR) is 68.8 cm³/mol. The molecule has 0 saturated carbocycles. The number of halogens is 1. The van der Waals surface area contributed by atoms with E-state index in [-0.39, 0.29) is 18.0 Å². The quantitative estimate of drug-likeness (QED) is 0.826. The molecule has 1 rings (SSSR count). The number of carboxylic acid groups (broad SMARTS) is 1. The van der Waals surface area contributed by atoms with E-state index in [0.717, 1.165) is 6.07 Å². The average molecular weight is 264 g/mol. The lowest BCUT2D eigenvalue weighted by atomic mass is 10.0. The zero-order valence-corrected chi connectivity index (χ0v) is 11.0. The normalized spacial score (nSPS) is 12.2. The van der Waals surface area contributed by atoms with E-state index in [1.807, 2.05) is 19.9 Å². The number of nitrogens with one attached hydrogen (secondary N) is 1. The van der Waals surface area contributed by atoms with Gasteiger partial charge in [-0.15, -0.1) is 0 Å². The zero-order chi connectivity index (χ0) is 14.4. The second-order valence-electron chi connectivity index (χ2n) is 4.86. The predicted octanol–water partition coefficient (Wildman–Crippen LogP) is 2.29. The van der Waals surface area contributed by atoms with Gasteiger partial charge in [-0.1, -0.05) is 13.8 Å². The first-order chi connectivity index (χ1) is 8.92. The summed E-state index contributed by atoms with van der Waals surface area (Å²) in [5.74, 6) is -1.17. The standard InChI is InChI=1S/C14H17FN2O2/c1-9(2)3-13(14(18)19)17-8-11-4-10(7-16)5-12(15)6-11/h4-6,9,13,17H,3,8H2,1-2H3,(H,18,19). The molecule has 19 heavy (non-hydrogen) atoms. The first-order valence-corrected chi connectivity index (χ1v) is 6.08. The van der Waals surface area contributed by atoms with Gasteiger partial charge in [0.25, 0.3) is 0 Å². The van der Waals surface area contributed by atoms with Crippen LogP contribution in [0.5, 0.6) is 0 Å². The summed E-state index contributed by atoms with van der Waals surface area (Å²) in [6.07, 6.45) is 0.496. The van der Waals surface area contributed by atoms with Gasteiger partial charge in [-0.05, 0) is 36.1 Å². The molecule has 2 N–H and O–H groups in total. The Kier molecular flexibility index (Phi) is 5.46. The van der Waals surface area contributed by atoms with Crippen LogP contribution in [-0.4, -0.2) is 17.1 Å². The molecule has 1 unspecified atom stereocenters. The van der Waals surface area contributed by atoms with E-state index in [1.54, 1.807) is 6.07 Å². The summed E-state index contributed by atoms with van der Waals surface area (Å²) < 4.78 is 13.2. The van der Waals surface area contributed by atoms with E-state index < -0.39 is 17.8 Å². The van der Waals surface area contributed by atoms with Crippen molar-refractivity contribution in [2.24, 2.45) is 5.92 Å². The third-order valence-electron chi connectivity index (χ3n) is 2.64. The first-order valence-electron chi connectivity index (χ1n) is 6.08. The number of nitriles is 1. The number of aliphatic carboxylic acids is 1. The van der Waals surface area contributed by atoms with Gasteiger partial charge in [-0.25, -0.2) is 4.39 Å². The van der Waals surface area contributed by atoms with Gasteiger partial charge in [-0.3, -0.25) is 4.79 Å². The summed E-state index contributed by atoms with van der Waals surface area (Å²) in [5, 5.41) is 20.7. The first kappa shape index (κ1) is 15.1. The van der Waals surface area contributed by atoms with Crippen LogP contribution in [-0.2, 0) is 11.3 Å². The van der Waals surface area contributed by atoms with Crippen molar-refractivity contribution in [1.29, 1.82) is 5.26 Å². The fourth-order valence-corrected chi connectivity index (χ4v) is 1.80. The van der Waals surface area contributed by atoms with Crippen LogP contribution < -0.4 is 5.32 Å². The molecule has 1 aromatic rings. The van der Waals surface area contributed by atoms with Crippen LogP contribution in [0.4, 0.5) is 4.39 Å². The van der Waals surface area contributed by atoms with Crippen LogP contribution in [0.2, 0.25) is 0 Å². The minimum atomic E-state index is -0.925. The number of hydrogen-bond acceptors (Lipinski definition) is 3. The van der Waals surface area contributed by atoms with Gasteiger partial charge in [0, 0.05) is 6.54 Å². The molecule has 0 aliphatic carbocycles. The van der Waals surface area contributed by atoms with E-state index >= 15 is 0 Å². The van der Waals surface area contributed by atoms with E-state index in [9.17, 15) is 9.18 Å². The molecular weight excluding hydrogens is 247 g/mol. The molecule has 102 valence electrons. The molecule has 0 fully saturated rings. The van der Waals surface area contributed by atoms with Gasteiger partial charge in [0.15, 0.2) is 0 Å². The Bertz CT molecular complexity index is 495. The monoisotopic (exact) mass is 264 g/mol. The fraction of sp³-hybridized carbons (Fsp3) is 0.429. The number of benzene rings is 1. The van der Waals surface area contributed by atoms with Crippen molar-refractivity contribution in [2.75, 3.05) is 0 Å². The van der Waals surface area contributed by atoms with Crippen LogP contribution >= 0.6 is 0 Å². The smallest absolute Gasteiger partial charge is 0.320 e. The molecule has 0 aliphatic heterocycles. The van der Waals surface area contributed by atoms with E-state index in [4.69, 9.17) is 10.4 Å². The molecule has 0 saturated heterocycles. The minimum absolute atomic E-state index is 0.218. The van der Waals surface area contributed by atoms with E-state index in [1.165, 1.54) is 6.07 Å². The summed E-state index contributed by atoms with van der Waals surface area (Å²) >= 11 is 0. The molecule has 0 aliphatic rings. The minimum Gasteiger partial charge on any atom is -0.480 e. The van der Waals surface area contributed by atoms with Crippen LogP contribution in [0, 0.1) is 23.1 Å². The summed E-state index contributed by atoms with van der Waals surface area (Å²) in [6.45, 7) is 4.09. The highest BCUT2D eigenvalue weighted by atomic mass is 19.1. The number of hydrogen-bond donors (Lipinski definition) is 2. The summed E-state index contributed by atoms with van der Waals surface area (Å²) in [5.41, 5.74) is 0.791. The average Bonchev–Trinajstić information content (AvgIpc) is 2.33. The van der Waals surface area contributed by atoms with Crippen molar-refractivity contribution < 1.29 is 14.3 Å².